The zero-order valence-electron chi connectivity index (χ0n) is 12.5. The minimum Gasteiger partial charge on any atom is -0.379 e. The first-order chi connectivity index (χ1) is 10.1. The van der Waals surface area contributed by atoms with Crippen LogP contribution in [0.2, 0.25) is 0 Å². The second-order valence-corrected chi connectivity index (χ2v) is 4.90. The van der Waals surface area contributed by atoms with E-state index in [1.807, 2.05) is 18.2 Å². The van der Waals surface area contributed by atoms with Crippen molar-refractivity contribution >= 4 is 17.4 Å². The monoisotopic (exact) mass is 288 g/mol. The van der Waals surface area contributed by atoms with E-state index in [1.165, 1.54) is 0 Å². The topological polar surface area (TPSA) is 94.0 Å². The summed E-state index contributed by atoms with van der Waals surface area (Å²) in [6.45, 7) is 5.85. The van der Waals surface area contributed by atoms with Crippen LogP contribution in [0.1, 0.15) is 43.5 Å². The van der Waals surface area contributed by atoms with Gasteiger partial charge in [-0.15, -0.1) is 0 Å². The number of nitrogen functional groups attached to an aromatic ring is 1. The Morgan fingerprint density at radius 3 is 2.38 bits per heavy atom. The molecule has 112 valence electrons. The molecule has 6 nitrogen and oxygen atoms in total. The van der Waals surface area contributed by atoms with Gasteiger partial charge in [-0.2, -0.15) is 0 Å². The van der Waals surface area contributed by atoms with Crippen molar-refractivity contribution in [1.82, 2.24) is 10.3 Å². The van der Waals surface area contributed by atoms with Crippen LogP contribution in [0, 0.1) is 0 Å². The highest BCUT2D eigenvalue weighted by molar-refractivity contribution is 5.97. The van der Waals surface area contributed by atoms with Crippen molar-refractivity contribution in [2.24, 2.45) is 0 Å². The first kappa shape index (κ1) is 15.0. The number of hydrogen-bond acceptors (Lipinski definition) is 5. The molecule has 1 atom stereocenters. The van der Waals surface area contributed by atoms with Gasteiger partial charge in [-0.05, 0) is 36.0 Å². The summed E-state index contributed by atoms with van der Waals surface area (Å²) in [6, 6.07) is 6.05. The number of anilines is 2. The molecule has 21 heavy (non-hydrogen) atoms. The molecule has 1 amide bonds. The number of para-hydroxylation sites is 1. The van der Waals surface area contributed by atoms with Crippen LogP contribution in [-0.2, 0) is 17.6 Å². The smallest absolute Gasteiger partial charge is 0.233 e. The van der Waals surface area contributed by atoms with Crippen molar-refractivity contribution in [1.29, 1.82) is 0 Å². The van der Waals surface area contributed by atoms with Crippen LogP contribution >= 0.6 is 0 Å². The fourth-order valence-electron chi connectivity index (χ4n) is 2.26. The lowest BCUT2D eigenvalue weighted by molar-refractivity contribution is -0.117. The largest absolute Gasteiger partial charge is 0.379 e. The van der Waals surface area contributed by atoms with Crippen molar-refractivity contribution in [2.75, 3.05) is 11.1 Å². The number of nitrogens with one attached hydrogen (secondary N) is 1. The van der Waals surface area contributed by atoms with Crippen LogP contribution in [0.15, 0.2) is 22.8 Å². The van der Waals surface area contributed by atoms with Gasteiger partial charge in [0.05, 0.1) is 5.92 Å². The maximum absolute atomic E-state index is 12.4. The average Bonchev–Trinajstić information content (AvgIpc) is 2.92. The highest BCUT2D eigenvalue weighted by Crippen LogP contribution is 2.25. The summed E-state index contributed by atoms with van der Waals surface area (Å²) in [5, 5.41) is 10.2. The summed E-state index contributed by atoms with van der Waals surface area (Å²) in [5.41, 5.74) is 9.11. The fraction of sp³-hybridized carbons (Fsp3) is 0.400. The molecule has 0 aliphatic rings. The van der Waals surface area contributed by atoms with Crippen molar-refractivity contribution in [3.8, 4) is 0 Å². The number of nitrogens with zero attached hydrogens (tertiary/aromatic N) is 2. The van der Waals surface area contributed by atoms with Gasteiger partial charge in [0.15, 0.2) is 5.82 Å². The fourth-order valence-corrected chi connectivity index (χ4v) is 2.26. The van der Waals surface area contributed by atoms with E-state index in [-0.39, 0.29) is 11.7 Å². The normalized spacial score (nSPS) is 12.1. The molecule has 0 bridgehead atoms. The number of carbonyl (C=O) groups is 1. The molecule has 0 spiro atoms. The highest BCUT2D eigenvalue weighted by atomic mass is 16.6. The van der Waals surface area contributed by atoms with Gasteiger partial charge in [-0.25, -0.2) is 4.63 Å². The average molecular weight is 288 g/mol. The molecule has 2 aromatic rings. The van der Waals surface area contributed by atoms with E-state index in [9.17, 15) is 4.79 Å². The third kappa shape index (κ3) is 3.04. The minimum absolute atomic E-state index is 0.150. The molecular weight excluding hydrogens is 268 g/mol. The van der Waals surface area contributed by atoms with E-state index >= 15 is 0 Å². The molecule has 1 aromatic carbocycles. The number of amides is 1. The lowest BCUT2D eigenvalue weighted by atomic mass is 10.0. The lowest BCUT2D eigenvalue weighted by Gasteiger charge is -2.16. The number of rotatable bonds is 5. The molecular formula is C15H20N4O2. The number of carbonyl (C=O) groups excluding carboxylic acids is 1. The molecule has 1 unspecified atom stereocenters. The Balaban J connectivity index is 2.26. The number of benzene rings is 1. The van der Waals surface area contributed by atoms with Gasteiger partial charge in [0, 0.05) is 5.69 Å². The van der Waals surface area contributed by atoms with Crippen LogP contribution in [0.5, 0.6) is 0 Å². The Morgan fingerprint density at radius 2 is 1.90 bits per heavy atom. The molecule has 6 heteroatoms. The quantitative estimate of drug-likeness (QED) is 0.881. The third-order valence-electron chi connectivity index (χ3n) is 3.59. The minimum atomic E-state index is -0.522. The van der Waals surface area contributed by atoms with E-state index in [2.05, 4.69) is 34.1 Å². The number of nitrogens with two attached hydrogens (primary N) is 1. The molecule has 0 saturated heterocycles. The maximum atomic E-state index is 12.4. The predicted octanol–water partition coefficient (Wildman–Crippen LogP) is 2.52. The summed E-state index contributed by atoms with van der Waals surface area (Å²) < 4.78 is 4.55. The Labute approximate surface area is 123 Å². The molecule has 0 saturated carbocycles. The molecule has 0 radical (unpaired) electrons. The molecule has 0 aliphatic carbocycles. The first-order valence-electron chi connectivity index (χ1n) is 7.08. The van der Waals surface area contributed by atoms with Crippen LogP contribution in [0.4, 0.5) is 11.5 Å². The molecule has 1 aromatic heterocycles. The summed E-state index contributed by atoms with van der Waals surface area (Å²) in [6.07, 6.45) is 1.71. The second-order valence-electron chi connectivity index (χ2n) is 4.90. The van der Waals surface area contributed by atoms with Crippen LogP contribution in [0.3, 0.4) is 0 Å². The van der Waals surface area contributed by atoms with E-state index < -0.39 is 5.92 Å². The van der Waals surface area contributed by atoms with E-state index in [1.54, 1.807) is 6.92 Å². The Kier molecular flexibility index (Phi) is 4.57. The first-order valence-corrected chi connectivity index (χ1v) is 7.08. The van der Waals surface area contributed by atoms with Gasteiger partial charge in [-0.1, -0.05) is 37.2 Å². The molecule has 0 fully saturated rings. The Bertz CT molecular complexity index is 614. The summed E-state index contributed by atoms with van der Waals surface area (Å²) >= 11 is 0. The van der Waals surface area contributed by atoms with E-state index in [4.69, 9.17) is 5.73 Å². The zero-order valence-corrected chi connectivity index (χ0v) is 12.5. The number of aromatic nitrogens is 2. The van der Waals surface area contributed by atoms with E-state index in [0.29, 0.717) is 5.69 Å². The van der Waals surface area contributed by atoms with Crippen molar-refractivity contribution < 1.29 is 9.42 Å². The van der Waals surface area contributed by atoms with Gasteiger partial charge in [-0.3, -0.25) is 4.79 Å². The molecule has 3 N–H and O–H groups in total. The van der Waals surface area contributed by atoms with Crippen LogP contribution in [0.25, 0.3) is 0 Å². The molecule has 2 rings (SSSR count). The molecule has 0 aliphatic heterocycles. The third-order valence-corrected chi connectivity index (χ3v) is 3.59. The number of hydrogen-bond donors (Lipinski definition) is 2. The van der Waals surface area contributed by atoms with Gasteiger partial charge in [0.2, 0.25) is 5.91 Å². The van der Waals surface area contributed by atoms with Crippen molar-refractivity contribution in [3.05, 3.63) is 35.0 Å². The molecule has 1 heterocycles. The zero-order chi connectivity index (χ0) is 15.4. The predicted molar refractivity (Wildman–Crippen MR) is 81.0 cm³/mol. The van der Waals surface area contributed by atoms with E-state index in [0.717, 1.165) is 29.7 Å². The van der Waals surface area contributed by atoms with Crippen molar-refractivity contribution in [3.63, 3.8) is 0 Å². The summed E-state index contributed by atoms with van der Waals surface area (Å²) in [4.78, 5) is 12.4. The van der Waals surface area contributed by atoms with Crippen molar-refractivity contribution in [2.45, 2.75) is 39.5 Å². The summed E-state index contributed by atoms with van der Waals surface area (Å²) in [7, 11) is 0. The SMILES string of the molecule is CCc1cccc(CC)c1NC(=O)C(C)c1nonc1N. The van der Waals surface area contributed by atoms with Gasteiger partial charge in [0.1, 0.15) is 5.69 Å². The van der Waals surface area contributed by atoms with Crippen LogP contribution < -0.4 is 11.1 Å². The summed E-state index contributed by atoms with van der Waals surface area (Å²) in [5.74, 6) is -0.545. The van der Waals surface area contributed by atoms with Gasteiger partial charge >= 0.3 is 0 Å². The maximum Gasteiger partial charge on any atom is 0.233 e. The Hall–Kier alpha value is -2.37. The van der Waals surface area contributed by atoms with Crippen LogP contribution in [-0.4, -0.2) is 16.2 Å². The highest BCUT2D eigenvalue weighted by Gasteiger charge is 2.23. The number of aryl methyl sites for hydroxylation is 2. The lowest BCUT2D eigenvalue weighted by Crippen LogP contribution is -2.21. The second kappa shape index (κ2) is 6.39. The van der Waals surface area contributed by atoms with Gasteiger partial charge in [0.25, 0.3) is 0 Å². The van der Waals surface area contributed by atoms with Gasteiger partial charge < -0.3 is 11.1 Å². The standard InChI is InChI=1S/C15H20N4O2/c1-4-10-7-6-8-11(5-2)13(10)17-15(20)9(3)12-14(16)19-21-18-12/h6-9H,4-5H2,1-3H3,(H2,16,19)(H,17,20). The Morgan fingerprint density at radius 1 is 1.29 bits per heavy atom.